The molecular formula is C24H10Cl4F6N10O2S2. The van der Waals surface area contributed by atoms with Gasteiger partial charge in [-0.2, -0.15) is 46.5 Å². The molecule has 0 saturated heterocycles. The Balaban J connectivity index is 1.49. The van der Waals surface area contributed by atoms with Crippen LogP contribution in [0.5, 0.6) is 0 Å². The smallest absolute Gasteiger partial charge is 0.342 e. The van der Waals surface area contributed by atoms with Gasteiger partial charge in [0.25, 0.3) is 0 Å². The van der Waals surface area contributed by atoms with Crippen molar-refractivity contribution in [2.24, 2.45) is 31.9 Å². The van der Waals surface area contributed by atoms with Gasteiger partial charge < -0.3 is 9.05 Å². The van der Waals surface area contributed by atoms with E-state index in [9.17, 15) is 26.3 Å². The summed E-state index contributed by atoms with van der Waals surface area (Å²) in [5.41, 5.74) is 6.01. The highest BCUT2D eigenvalue weighted by molar-refractivity contribution is 8.79. The first-order valence-corrected chi connectivity index (χ1v) is 16.1. The number of rotatable bonds is 7. The number of aromatic nitrogens is 4. The summed E-state index contributed by atoms with van der Waals surface area (Å²) >= 11 is 25.3. The topological polar surface area (TPSA) is 179 Å². The van der Waals surface area contributed by atoms with Gasteiger partial charge in [0.2, 0.25) is 24.4 Å². The van der Waals surface area contributed by atoms with Crippen LogP contribution in [0.3, 0.4) is 0 Å². The van der Waals surface area contributed by atoms with E-state index in [0.29, 0.717) is 24.3 Å². The fourth-order valence-corrected chi connectivity index (χ4v) is 8.88. The van der Waals surface area contributed by atoms with E-state index in [1.807, 2.05) is 0 Å². The van der Waals surface area contributed by atoms with E-state index in [2.05, 4.69) is 40.7 Å². The van der Waals surface area contributed by atoms with Gasteiger partial charge in [-0.05, 0) is 24.3 Å². The van der Waals surface area contributed by atoms with Gasteiger partial charge >= 0.3 is 12.4 Å². The van der Waals surface area contributed by atoms with Crippen LogP contribution >= 0.6 is 68.0 Å². The molecule has 48 heavy (non-hydrogen) atoms. The molecule has 2 atom stereocenters. The van der Waals surface area contributed by atoms with Crippen LogP contribution in [0.25, 0.3) is 11.4 Å². The molecule has 12 nitrogen and oxygen atoms in total. The third kappa shape index (κ3) is 5.97. The molecule has 4 aromatic rings. The molecule has 24 heteroatoms. The van der Waals surface area contributed by atoms with Crippen molar-refractivity contribution in [3.8, 4) is 0 Å². The Labute approximate surface area is 290 Å². The normalized spacial score (nSPS) is 21.3. The summed E-state index contributed by atoms with van der Waals surface area (Å²) in [6.45, 7) is 0. The van der Waals surface area contributed by atoms with Gasteiger partial charge in [-0.1, -0.05) is 78.3 Å². The van der Waals surface area contributed by atoms with Crippen LogP contribution in [0, 0.1) is 0 Å². The number of hydrogen-bond donors (Lipinski definition) is 2. The number of azo groups is 2. The van der Waals surface area contributed by atoms with E-state index >= 15 is 0 Å². The summed E-state index contributed by atoms with van der Waals surface area (Å²) in [6.07, 6.45) is -7.68. The molecule has 2 aromatic heterocycles. The average molecular weight is 790 g/mol. The first-order valence-electron chi connectivity index (χ1n) is 12.4. The average Bonchev–Trinajstić information content (AvgIpc) is 3.78. The summed E-state index contributed by atoms with van der Waals surface area (Å²) in [7, 11) is 1.49. The van der Waals surface area contributed by atoms with Gasteiger partial charge in [0.1, 0.15) is 11.4 Å². The van der Waals surface area contributed by atoms with Gasteiger partial charge in [-0.25, -0.2) is 0 Å². The number of nitrogens with zero attached hydrogens (tertiary/aromatic N) is 8. The third-order valence-corrected chi connectivity index (χ3v) is 10.5. The lowest BCUT2D eigenvalue weighted by molar-refractivity contribution is -0.138. The Kier molecular flexibility index (Phi) is 8.85. The second-order valence-corrected chi connectivity index (χ2v) is 13.4. The van der Waals surface area contributed by atoms with Crippen LogP contribution in [-0.2, 0) is 23.7 Å². The van der Waals surface area contributed by atoms with Crippen LogP contribution in [0.15, 0.2) is 76.4 Å². The number of alkyl halides is 6. The van der Waals surface area contributed by atoms with E-state index in [1.165, 1.54) is 0 Å². The summed E-state index contributed by atoms with van der Waals surface area (Å²) in [4.78, 5) is 7.78. The molecule has 250 valence electrons. The molecule has 4 heterocycles. The van der Waals surface area contributed by atoms with E-state index in [1.54, 1.807) is 0 Å². The van der Waals surface area contributed by atoms with Crippen molar-refractivity contribution < 1.29 is 35.4 Å². The highest BCUT2D eigenvalue weighted by atomic mass is 35.5. The SMILES string of the molecule is NC1(c2c(Cl)cc(C(F)(F)F)cc2Cl)N=NC(c2ncon2)=C1SSC1=C(c2ncon2)N=NC1(N)c1c(Cl)cc(C(F)(F)F)cc1Cl. The van der Waals surface area contributed by atoms with Gasteiger partial charge in [0, 0.05) is 11.1 Å². The molecule has 0 fully saturated rings. The molecule has 0 bridgehead atoms. The third-order valence-electron chi connectivity index (χ3n) is 6.59. The first-order chi connectivity index (χ1) is 22.4. The molecule has 2 aliphatic heterocycles. The number of nitrogens with two attached hydrogens (primary N) is 2. The van der Waals surface area contributed by atoms with Crippen molar-refractivity contribution in [3.63, 3.8) is 0 Å². The maximum atomic E-state index is 13.5. The summed E-state index contributed by atoms with van der Waals surface area (Å²) in [5, 5.41) is 21.7. The summed E-state index contributed by atoms with van der Waals surface area (Å²) < 4.78 is 90.7. The van der Waals surface area contributed by atoms with E-state index in [-0.39, 0.29) is 44.0 Å². The maximum absolute atomic E-state index is 13.5. The quantitative estimate of drug-likeness (QED) is 0.135. The van der Waals surface area contributed by atoms with Gasteiger partial charge in [-0.3, -0.25) is 11.5 Å². The highest BCUT2D eigenvalue weighted by Gasteiger charge is 2.49. The van der Waals surface area contributed by atoms with Crippen LogP contribution in [0.4, 0.5) is 26.3 Å². The molecule has 0 aliphatic carbocycles. The Morgan fingerprint density at radius 3 is 1.21 bits per heavy atom. The van der Waals surface area contributed by atoms with Crippen molar-refractivity contribution in [1.29, 1.82) is 0 Å². The Morgan fingerprint density at radius 2 is 0.938 bits per heavy atom. The Morgan fingerprint density at radius 1 is 0.604 bits per heavy atom. The predicted molar refractivity (Wildman–Crippen MR) is 162 cm³/mol. The first kappa shape index (κ1) is 34.6. The molecular weight excluding hydrogens is 780 g/mol. The zero-order chi connectivity index (χ0) is 34.8. The molecule has 0 radical (unpaired) electrons. The molecule has 4 N–H and O–H groups in total. The second kappa shape index (κ2) is 12.3. The van der Waals surface area contributed by atoms with Gasteiger partial charge in [-0.15, -0.1) is 10.2 Å². The van der Waals surface area contributed by atoms with Crippen LogP contribution < -0.4 is 11.5 Å². The predicted octanol–water partition coefficient (Wildman–Crippen LogP) is 9.08. The minimum Gasteiger partial charge on any atom is -0.342 e. The van der Waals surface area contributed by atoms with Crippen molar-refractivity contribution in [1.82, 2.24) is 20.3 Å². The van der Waals surface area contributed by atoms with E-state index in [0.717, 1.165) is 34.4 Å². The van der Waals surface area contributed by atoms with Crippen molar-refractivity contribution in [2.45, 2.75) is 23.7 Å². The minimum atomic E-state index is -4.80. The molecule has 6 rings (SSSR count). The zero-order valence-electron chi connectivity index (χ0n) is 22.6. The zero-order valence-corrected chi connectivity index (χ0v) is 27.3. The molecule has 2 aliphatic rings. The summed E-state index contributed by atoms with van der Waals surface area (Å²) in [5.74, 6) is -0.288. The largest absolute Gasteiger partial charge is 0.416 e. The van der Waals surface area contributed by atoms with E-state index in [4.69, 9.17) is 66.9 Å². The molecule has 0 amide bonds. The van der Waals surface area contributed by atoms with Gasteiger partial charge in [0.05, 0.1) is 41.0 Å². The van der Waals surface area contributed by atoms with Crippen molar-refractivity contribution >= 4 is 79.4 Å². The lowest BCUT2D eigenvalue weighted by atomic mass is 9.98. The fraction of sp³-hybridized carbons (Fsp3) is 0.167. The lowest BCUT2D eigenvalue weighted by Crippen LogP contribution is -2.36. The van der Waals surface area contributed by atoms with Crippen LogP contribution in [0.2, 0.25) is 20.1 Å². The Hall–Kier alpha value is -3.24. The molecule has 2 unspecified atom stereocenters. The van der Waals surface area contributed by atoms with Crippen molar-refractivity contribution in [2.75, 3.05) is 0 Å². The summed E-state index contributed by atoms with van der Waals surface area (Å²) in [6, 6.07) is 2.44. The van der Waals surface area contributed by atoms with Crippen LogP contribution in [-0.4, -0.2) is 20.3 Å². The minimum absolute atomic E-state index is 0.0590. The van der Waals surface area contributed by atoms with E-state index < -0.39 is 54.9 Å². The monoisotopic (exact) mass is 788 g/mol. The van der Waals surface area contributed by atoms with Crippen molar-refractivity contribution in [3.05, 3.63) is 101 Å². The highest BCUT2D eigenvalue weighted by Crippen LogP contribution is 2.59. The Bertz CT molecular complexity index is 1870. The number of hydrogen-bond acceptors (Lipinski definition) is 14. The molecule has 0 saturated carbocycles. The molecule has 0 spiro atoms. The fourth-order valence-electron chi connectivity index (χ4n) is 4.46. The number of benzene rings is 2. The maximum Gasteiger partial charge on any atom is 0.416 e. The number of halogens is 10. The lowest BCUT2D eigenvalue weighted by Gasteiger charge is -2.28. The second-order valence-electron chi connectivity index (χ2n) is 9.59. The van der Waals surface area contributed by atoms with Crippen LogP contribution in [0.1, 0.15) is 33.9 Å². The van der Waals surface area contributed by atoms with Gasteiger partial charge in [0.15, 0.2) is 11.3 Å². The molecule has 2 aromatic carbocycles. The standard InChI is InChI=1S/C24H10Cl4F6N10O2S2/c25-9-1-7(23(29,30)31)2-10(26)13(9)21(35)17(15(39-43-21)19-37-5-45-41-19)47-48-18-16(20-38-6-46-42-20)40-44-22(18,36)14-11(27)3-8(4-12(14)28)24(32,33)34/h1-6H,35-36H2.